The number of nitrogens with one attached hydrogen (secondary N) is 1. The molecule has 4 aromatic rings. The Balaban J connectivity index is 1.57. The van der Waals surface area contributed by atoms with E-state index >= 15 is 0 Å². The predicted octanol–water partition coefficient (Wildman–Crippen LogP) is 3.04. The third-order valence-electron chi connectivity index (χ3n) is 5.16. The lowest BCUT2D eigenvalue weighted by molar-refractivity contribution is 0.484. The first-order valence-electron chi connectivity index (χ1n) is 9.28. The molecule has 1 saturated heterocycles. The van der Waals surface area contributed by atoms with Crippen LogP contribution in [0.2, 0.25) is 0 Å². The van der Waals surface area contributed by atoms with E-state index in [9.17, 15) is 9.18 Å². The maximum absolute atomic E-state index is 13.9. The van der Waals surface area contributed by atoms with Crippen molar-refractivity contribution in [3.05, 3.63) is 65.0 Å². The fourth-order valence-electron chi connectivity index (χ4n) is 3.75. The molecule has 1 aromatic carbocycles. The summed E-state index contributed by atoms with van der Waals surface area (Å²) in [5.74, 6) is -0.436. The maximum atomic E-state index is 13.9. The zero-order valence-electron chi connectivity index (χ0n) is 15.4. The number of hydrogen-bond acceptors (Lipinski definition) is 5. The van der Waals surface area contributed by atoms with Gasteiger partial charge >= 0.3 is 5.63 Å². The van der Waals surface area contributed by atoms with Gasteiger partial charge in [0.15, 0.2) is 11.5 Å². The van der Waals surface area contributed by atoms with Crippen molar-refractivity contribution in [2.75, 3.05) is 24.5 Å². The topological polar surface area (TPSA) is 62.8 Å². The van der Waals surface area contributed by atoms with Gasteiger partial charge in [0.1, 0.15) is 5.58 Å². The predicted molar refractivity (Wildman–Crippen MR) is 106 cm³/mol. The molecule has 6 nitrogen and oxygen atoms in total. The van der Waals surface area contributed by atoms with Crippen molar-refractivity contribution in [1.82, 2.24) is 14.7 Å². The lowest BCUT2D eigenvalue weighted by atomic mass is 10.1. The zero-order valence-corrected chi connectivity index (χ0v) is 15.4. The molecule has 0 amide bonds. The SMILES string of the molecule is CC1CN(c2ccc3cc(-c4cn5cccc(F)c5n4)c(=O)oc3c2)CCN1. The monoisotopic (exact) mass is 378 g/mol. The molecule has 0 radical (unpaired) electrons. The summed E-state index contributed by atoms with van der Waals surface area (Å²) in [5.41, 5.74) is 1.97. The van der Waals surface area contributed by atoms with Gasteiger partial charge in [-0.25, -0.2) is 14.2 Å². The summed E-state index contributed by atoms with van der Waals surface area (Å²) in [7, 11) is 0. The minimum Gasteiger partial charge on any atom is -0.422 e. The molecular formula is C21H19FN4O2. The zero-order chi connectivity index (χ0) is 19.3. The number of rotatable bonds is 2. The summed E-state index contributed by atoms with van der Waals surface area (Å²) >= 11 is 0. The fraction of sp³-hybridized carbons (Fsp3) is 0.238. The highest BCUT2D eigenvalue weighted by atomic mass is 19.1. The summed E-state index contributed by atoms with van der Waals surface area (Å²) in [5, 5.41) is 4.22. The normalized spacial score (nSPS) is 17.5. The van der Waals surface area contributed by atoms with E-state index in [1.54, 1.807) is 28.9 Å². The molecule has 3 aromatic heterocycles. The van der Waals surface area contributed by atoms with Crippen molar-refractivity contribution >= 4 is 22.3 Å². The third kappa shape index (κ3) is 2.84. The molecule has 0 saturated carbocycles. The van der Waals surface area contributed by atoms with Crippen molar-refractivity contribution in [3.8, 4) is 11.3 Å². The van der Waals surface area contributed by atoms with Gasteiger partial charge in [-0.15, -0.1) is 0 Å². The summed E-state index contributed by atoms with van der Waals surface area (Å²) in [4.78, 5) is 19.1. The summed E-state index contributed by atoms with van der Waals surface area (Å²) in [6.45, 7) is 4.88. The number of hydrogen-bond donors (Lipinski definition) is 1. The number of anilines is 1. The van der Waals surface area contributed by atoms with Crippen LogP contribution in [0.4, 0.5) is 10.1 Å². The number of halogens is 1. The number of fused-ring (bicyclic) bond motifs is 2. The van der Waals surface area contributed by atoms with E-state index in [1.807, 2.05) is 18.2 Å². The Morgan fingerprint density at radius 3 is 3.00 bits per heavy atom. The Morgan fingerprint density at radius 1 is 1.29 bits per heavy atom. The quantitative estimate of drug-likeness (QED) is 0.543. The molecule has 5 rings (SSSR count). The average molecular weight is 378 g/mol. The molecule has 1 aliphatic heterocycles. The summed E-state index contributed by atoms with van der Waals surface area (Å²) in [6, 6.07) is 11.0. The molecular weight excluding hydrogens is 359 g/mol. The average Bonchev–Trinajstić information content (AvgIpc) is 3.12. The summed E-state index contributed by atoms with van der Waals surface area (Å²) < 4.78 is 21.1. The van der Waals surface area contributed by atoms with Crippen LogP contribution in [0.1, 0.15) is 6.92 Å². The van der Waals surface area contributed by atoms with Crippen LogP contribution in [0.3, 0.4) is 0 Å². The molecule has 1 fully saturated rings. The molecule has 142 valence electrons. The molecule has 28 heavy (non-hydrogen) atoms. The lowest BCUT2D eigenvalue weighted by Gasteiger charge is -2.33. The second-order valence-electron chi connectivity index (χ2n) is 7.18. The maximum Gasteiger partial charge on any atom is 0.345 e. The van der Waals surface area contributed by atoms with Crippen molar-refractivity contribution in [2.24, 2.45) is 0 Å². The largest absolute Gasteiger partial charge is 0.422 e. The molecule has 0 bridgehead atoms. The molecule has 4 heterocycles. The Bertz CT molecular complexity index is 1250. The first-order chi connectivity index (χ1) is 13.6. The van der Waals surface area contributed by atoms with Crippen molar-refractivity contribution < 1.29 is 8.81 Å². The number of pyridine rings is 1. The van der Waals surface area contributed by atoms with E-state index in [2.05, 4.69) is 22.1 Å². The van der Waals surface area contributed by atoms with Crippen LogP contribution in [0, 0.1) is 5.82 Å². The van der Waals surface area contributed by atoms with Gasteiger partial charge in [0.05, 0.1) is 11.3 Å². The number of benzene rings is 1. The van der Waals surface area contributed by atoms with E-state index < -0.39 is 11.4 Å². The van der Waals surface area contributed by atoms with E-state index in [0.717, 1.165) is 30.7 Å². The molecule has 1 aliphatic rings. The van der Waals surface area contributed by atoms with Crippen molar-refractivity contribution in [3.63, 3.8) is 0 Å². The molecule has 0 spiro atoms. The van der Waals surface area contributed by atoms with Gasteiger partial charge < -0.3 is 19.0 Å². The molecule has 1 atom stereocenters. The Hall–Kier alpha value is -3.19. The van der Waals surface area contributed by atoms with Crippen molar-refractivity contribution in [1.29, 1.82) is 0 Å². The molecule has 0 aliphatic carbocycles. The van der Waals surface area contributed by atoms with Gasteiger partial charge in [-0.2, -0.15) is 0 Å². The molecule has 1 unspecified atom stereocenters. The third-order valence-corrected chi connectivity index (χ3v) is 5.16. The Labute approximate surface area is 160 Å². The Morgan fingerprint density at radius 2 is 2.18 bits per heavy atom. The van der Waals surface area contributed by atoms with E-state index in [-0.39, 0.29) is 5.65 Å². The van der Waals surface area contributed by atoms with Gasteiger partial charge in [-0.1, -0.05) is 0 Å². The minimum atomic E-state index is -0.484. The van der Waals surface area contributed by atoms with E-state index in [0.29, 0.717) is 22.9 Å². The molecule has 7 heteroatoms. The number of aromatic nitrogens is 2. The highest BCUT2D eigenvalue weighted by Gasteiger charge is 2.18. The first-order valence-corrected chi connectivity index (χ1v) is 9.28. The van der Waals surface area contributed by atoms with Crippen LogP contribution in [-0.4, -0.2) is 35.1 Å². The van der Waals surface area contributed by atoms with Gasteiger partial charge in [-0.05, 0) is 37.3 Å². The van der Waals surface area contributed by atoms with E-state index in [1.165, 1.54) is 6.07 Å². The highest BCUT2D eigenvalue weighted by Crippen LogP contribution is 2.26. The number of nitrogens with zero attached hydrogens (tertiary/aromatic N) is 3. The fourth-order valence-corrected chi connectivity index (χ4v) is 3.75. The number of imidazole rings is 1. The second-order valence-corrected chi connectivity index (χ2v) is 7.18. The highest BCUT2D eigenvalue weighted by molar-refractivity contribution is 5.84. The summed E-state index contributed by atoms with van der Waals surface area (Å²) in [6.07, 6.45) is 3.32. The van der Waals surface area contributed by atoms with Crippen LogP contribution < -0.4 is 15.8 Å². The second kappa shape index (κ2) is 6.45. The van der Waals surface area contributed by atoms with Crippen LogP contribution in [0.15, 0.2) is 58.0 Å². The van der Waals surface area contributed by atoms with Crippen LogP contribution in [0.25, 0.3) is 27.9 Å². The minimum absolute atomic E-state index is 0.181. The van der Waals surface area contributed by atoms with Crippen LogP contribution in [0.5, 0.6) is 0 Å². The first kappa shape index (κ1) is 16.9. The number of piperazine rings is 1. The van der Waals surface area contributed by atoms with Gasteiger partial charge in [0.2, 0.25) is 0 Å². The van der Waals surface area contributed by atoms with Gasteiger partial charge in [0.25, 0.3) is 0 Å². The standard InChI is InChI=1S/C21H19FN4O2/c1-13-11-25(8-6-23-13)15-5-4-14-9-16(21(27)28-19(14)10-15)18-12-26-7-2-3-17(22)20(26)24-18/h2-5,7,9-10,12-13,23H,6,8,11H2,1H3. The smallest absolute Gasteiger partial charge is 0.345 e. The molecule has 1 N–H and O–H groups in total. The van der Waals surface area contributed by atoms with Crippen LogP contribution in [-0.2, 0) is 0 Å². The van der Waals surface area contributed by atoms with Gasteiger partial charge in [-0.3, -0.25) is 0 Å². The lowest BCUT2D eigenvalue weighted by Crippen LogP contribution is -2.49. The van der Waals surface area contributed by atoms with Crippen LogP contribution >= 0.6 is 0 Å². The van der Waals surface area contributed by atoms with Gasteiger partial charge in [0, 0.05) is 55.2 Å². The Kier molecular flexibility index (Phi) is 3.91. The van der Waals surface area contributed by atoms with Crippen molar-refractivity contribution in [2.45, 2.75) is 13.0 Å². The van der Waals surface area contributed by atoms with E-state index in [4.69, 9.17) is 4.42 Å².